The van der Waals surface area contributed by atoms with Gasteiger partial charge in [0.1, 0.15) is 0 Å². The van der Waals surface area contributed by atoms with Gasteiger partial charge < -0.3 is 9.72 Å². The number of amides is 1. The van der Waals surface area contributed by atoms with Crippen molar-refractivity contribution in [2.24, 2.45) is 5.10 Å². The number of rotatable bonds is 5. The van der Waals surface area contributed by atoms with Crippen molar-refractivity contribution in [1.82, 2.24) is 10.4 Å². The third-order valence-corrected chi connectivity index (χ3v) is 4.24. The number of aromatic nitrogens is 1. The number of halogens is 1. The number of aryl methyl sites for hydroxylation is 1. The molecule has 0 saturated heterocycles. The molecule has 0 aliphatic rings. The van der Waals surface area contributed by atoms with Gasteiger partial charge in [-0.25, -0.2) is 10.2 Å². The molecule has 0 bridgehead atoms. The summed E-state index contributed by atoms with van der Waals surface area (Å²) in [7, 11) is 0. The minimum absolute atomic E-state index is 0.307. The third-order valence-electron chi connectivity index (χ3n) is 3.71. The summed E-state index contributed by atoms with van der Waals surface area (Å²) >= 11 is 3.33. The third kappa shape index (κ3) is 4.36. The van der Waals surface area contributed by atoms with Gasteiger partial charge in [0, 0.05) is 15.7 Å². The second-order valence-electron chi connectivity index (χ2n) is 5.49. The van der Waals surface area contributed by atoms with E-state index in [-0.39, 0.29) is 11.9 Å². The Balaban J connectivity index is 2.19. The number of carbonyl (C=O) groups is 2. The zero-order chi connectivity index (χ0) is 18.6. The summed E-state index contributed by atoms with van der Waals surface area (Å²) in [5.41, 5.74) is 6.25. The van der Waals surface area contributed by atoms with Crippen LogP contribution in [0.25, 0.3) is 0 Å². The van der Waals surface area contributed by atoms with Gasteiger partial charge in [-0.05, 0) is 57.5 Å². The van der Waals surface area contributed by atoms with E-state index in [0.717, 1.165) is 10.0 Å². The van der Waals surface area contributed by atoms with Crippen LogP contribution in [-0.2, 0) is 4.74 Å². The lowest BCUT2D eigenvalue weighted by Gasteiger charge is -2.04. The smallest absolute Gasteiger partial charge is 0.340 e. The standard InChI is InChI=1S/C18H20BrN3O3/c1-5-25-18(24)15-10(2)16(20-11(15)3)12(4)21-22-17(23)13-6-8-14(19)9-7-13/h6-9,20H,5H2,1-4H3,(H,22,23)/b21-12+. The highest BCUT2D eigenvalue weighted by Crippen LogP contribution is 2.19. The SMILES string of the molecule is CCOC(=O)c1c(C)[nH]c(/C(C)=N/NC(=O)c2ccc(Br)cc2)c1C. The Kier molecular flexibility index (Phi) is 6.14. The first-order valence-electron chi connectivity index (χ1n) is 7.82. The first-order chi connectivity index (χ1) is 11.8. The Morgan fingerprint density at radius 1 is 1.24 bits per heavy atom. The van der Waals surface area contributed by atoms with Gasteiger partial charge in [0.25, 0.3) is 5.91 Å². The number of aromatic amines is 1. The molecule has 7 heteroatoms. The number of benzene rings is 1. The number of carbonyl (C=O) groups excluding carboxylic acids is 2. The number of nitrogens with one attached hydrogen (secondary N) is 2. The lowest BCUT2D eigenvalue weighted by atomic mass is 10.1. The Bertz CT molecular complexity index is 823. The zero-order valence-corrected chi connectivity index (χ0v) is 16.2. The molecule has 0 saturated carbocycles. The Morgan fingerprint density at radius 3 is 2.48 bits per heavy atom. The lowest BCUT2D eigenvalue weighted by molar-refractivity contribution is 0.0525. The Morgan fingerprint density at radius 2 is 1.88 bits per heavy atom. The van der Waals surface area contributed by atoms with E-state index in [9.17, 15) is 9.59 Å². The van der Waals surface area contributed by atoms with Crippen molar-refractivity contribution in [3.8, 4) is 0 Å². The van der Waals surface area contributed by atoms with Crippen LogP contribution < -0.4 is 5.43 Å². The maximum atomic E-state index is 12.1. The summed E-state index contributed by atoms with van der Waals surface area (Å²) in [5.74, 6) is -0.676. The molecular weight excluding hydrogens is 386 g/mol. The van der Waals surface area contributed by atoms with Gasteiger partial charge in [0.15, 0.2) is 0 Å². The molecule has 132 valence electrons. The minimum atomic E-state index is -0.369. The summed E-state index contributed by atoms with van der Waals surface area (Å²) in [6.07, 6.45) is 0. The molecule has 0 spiro atoms. The molecule has 2 rings (SSSR count). The number of hydrogen-bond donors (Lipinski definition) is 2. The normalized spacial score (nSPS) is 11.3. The molecule has 0 atom stereocenters. The number of hydrogen-bond acceptors (Lipinski definition) is 4. The van der Waals surface area contributed by atoms with E-state index in [0.29, 0.717) is 34.8 Å². The fourth-order valence-electron chi connectivity index (χ4n) is 2.48. The van der Waals surface area contributed by atoms with Crippen molar-refractivity contribution in [3.63, 3.8) is 0 Å². The zero-order valence-electron chi connectivity index (χ0n) is 14.6. The molecule has 1 aromatic heterocycles. The summed E-state index contributed by atoms with van der Waals surface area (Å²) in [6, 6.07) is 6.98. The first kappa shape index (κ1) is 18.9. The summed E-state index contributed by atoms with van der Waals surface area (Å²) in [5, 5.41) is 4.14. The van der Waals surface area contributed by atoms with Crippen LogP contribution in [0.3, 0.4) is 0 Å². The lowest BCUT2D eigenvalue weighted by Crippen LogP contribution is -2.19. The monoisotopic (exact) mass is 405 g/mol. The van der Waals surface area contributed by atoms with Gasteiger partial charge in [-0.1, -0.05) is 15.9 Å². The number of ether oxygens (including phenoxy) is 1. The van der Waals surface area contributed by atoms with Crippen LogP contribution in [0.1, 0.15) is 51.5 Å². The Hall–Kier alpha value is -2.41. The van der Waals surface area contributed by atoms with Crippen LogP contribution in [-0.4, -0.2) is 29.2 Å². The fraction of sp³-hybridized carbons (Fsp3) is 0.278. The molecular formula is C18H20BrN3O3. The van der Waals surface area contributed by atoms with Crippen molar-refractivity contribution in [3.05, 3.63) is 56.8 Å². The minimum Gasteiger partial charge on any atom is -0.462 e. The van der Waals surface area contributed by atoms with Crippen LogP contribution in [0.2, 0.25) is 0 Å². The fourth-order valence-corrected chi connectivity index (χ4v) is 2.74. The molecule has 0 unspecified atom stereocenters. The molecule has 1 amide bonds. The summed E-state index contributed by atoms with van der Waals surface area (Å²) in [4.78, 5) is 27.3. The number of nitrogens with zero attached hydrogens (tertiary/aromatic N) is 1. The average molecular weight is 406 g/mol. The maximum absolute atomic E-state index is 12.1. The number of H-pyrrole nitrogens is 1. The quantitative estimate of drug-likeness (QED) is 0.451. The highest BCUT2D eigenvalue weighted by Gasteiger charge is 2.20. The molecule has 1 aromatic carbocycles. The average Bonchev–Trinajstić information content (AvgIpc) is 2.88. The predicted octanol–water partition coefficient (Wildman–Crippen LogP) is 3.72. The largest absolute Gasteiger partial charge is 0.462 e. The van der Waals surface area contributed by atoms with Crippen LogP contribution in [0.4, 0.5) is 0 Å². The van der Waals surface area contributed by atoms with Crippen LogP contribution in [0.15, 0.2) is 33.8 Å². The highest BCUT2D eigenvalue weighted by atomic mass is 79.9. The van der Waals surface area contributed by atoms with Gasteiger partial charge in [-0.2, -0.15) is 5.10 Å². The van der Waals surface area contributed by atoms with Gasteiger partial charge in [0.2, 0.25) is 0 Å². The van der Waals surface area contributed by atoms with Crippen LogP contribution in [0.5, 0.6) is 0 Å². The highest BCUT2D eigenvalue weighted by molar-refractivity contribution is 9.10. The maximum Gasteiger partial charge on any atom is 0.340 e. The molecule has 1 heterocycles. The molecule has 0 fully saturated rings. The van der Waals surface area contributed by atoms with E-state index >= 15 is 0 Å². The first-order valence-corrected chi connectivity index (χ1v) is 8.61. The van der Waals surface area contributed by atoms with Crippen molar-refractivity contribution >= 4 is 33.5 Å². The van der Waals surface area contributed by atoms with E-state index in [1.54, 1.807) is 45.0 Å². The van der Waals surface area contributed by atoms with Gasteiger partial charge >= 0.3 is 5.97 Å². The van der Waals surface area contributed by atoms with E-state index in [1.807, 2.05) is 6.92 Å². The second kappa shape index (κ2) is 8.11. The van der Waals surface area contributed by atoms with E-state index in [1.165, 1.54) is 0 Å². The van der Waals surface area contributed by atoms with Crippen LogP contribution in [0, 0.1) is 13.8 Å². The van der Waals surface area contributed by atoms with Crippen molar-refractivity contribution in [2.75, 3.05) is 6.61 Å². The molecule has 25 heavy (non-hydrogen) atoms. The van der Waals surface area contributed by atoms with Crippen molar-refractivity contribution in [1.29, 1.82) is 0 Å². The Labute approximate surface area is 154 Å². The van der Waals surface area contributed by atoms with Crippen molar-refractivity contribution < 1.29 is 14.3 Å². The van der Waals surface area contributed by atoms with E-state index in [2.05, 4.69) is 31.4 Å². The predicted molar refractivity (Wildman–Crippen MR) is 100 cm³/mol. The van der Waals surface area contributed by atoms with E-state index in [4.69, 9.17) is 4.74 Å². The summed E-state index contributed by atoms with van der Waals surface area (Å²) < 4.78 is 5.97. The molecule has 2 N–H and O–H groups in total. The van der Waals surface area contributed by atoms with Crippen molar-refractivity contribution in [2.45, 2.75) is 27.7 Å². The second-order valence-corrected chi connectivity index (χ2v) is 6.41. The molecule has 0 aliphatic carbocycles. The van der Waals surface area contributed by atoms with Gasteiger partial charge in [0.05, 0.1) is 23.6 Å². The molecule has 6 nitrogen and oxygen atoms in total. The summed E-state index contributed by atoms with van der Waals surface area (Å²) in [6.45, 7) is 7.46. The molecule has 0 aliphatic heterocycles. The van der Waals surface area contributed by atoms with Gasteiger partial charge in [-0.3, -0.25) is 4.79 Å². The van der Waals surface area contributed by atoms with E-state index < -0.39 is 0 Å². The topological polar surface area (TPSA) is 83.6 Å². The number of hydrazone groups is 1. The number of esters is 1. The molecule has 2 aromatic rings. The van der Waals surface area contributed by atoms with Gasteiger partial charge in [-0.15, -0.1) is 0 Å². The molecule has 0 radical (unpaired) electrons. The van der Waals surface area contributed by atoms with Crippen LogP contribution >= 0.6 is 15.9 Å².